The Balaban J connectivity index is 2.80. The van der Waals surface area contributed by atoms with Gasteiger partial charge in [-0.15, -0.1) is 0 Å². The summed E-state index contributed by atoms with van der Waals surface area (Å²) in [6.07, 6.45) is -4.80. The van der Waals surface area contributed by atoms with Crippen LogP contribution in [0.25, 0.3) is 0 Å². The first kappa shape index (κ1) is 17.4. The van der Waals surface area contributed by atoms with Gasteiger partial charge in [-0.2, -0.15) is 13.2 Å². The molecule has 0 bridgehead atoms. The first-order valence-electron chi connectivity index (χ1n) is 6.67. The summed E-state index contributed by atoms with van der Waals surface area (Å²) < 4.78 is 39.8. The van der Waals surface area contributed by atoms with E-state index in [1.807, 2.05) is 0 Å². The zero-order chi connectivity index (χ0) is 18.2. The van der Waals surface area contributed by atoms with Crippen LogP contribution in [-0.2, 0) is 11.0 Å². The lowest BCUT2D eigenvalue weighted by molar-refractivity contribution is -0.435. The first-order valence-corrected chi connectivity index (χ1v) is 6.67. The lowest BCUT2D eigenvalue weighted by atomic mass is 9.94. The third-order valence-corrected chi connectivity index (χ3v) is 3.51. The molecule has 0 spiro atoms. The molecule has 1 aromatic carbocycles. The highest BCUT2D eigenvalue weighted by atomic mass is 19.4. The molecular weight excluding hydrogens is 331 g/mol. The number of carbonyl (C=O) groups excluding carboxylic acids is 2. The van der Waals surface area contributed by atoms with E-state index in [9.17, 15) is 32.9 Å². The number of urea groups is 1. The van der Waals surface area contributed by atoms with Crippen LogP contribution in [0.5, 0.6) is 0 Å². The van der Waals surface area contributed by atoms with Crippen LogP contribution in [0.3, 0.4) is 0 Å². The van der Waals surface area contributed by atoms with Crippen molar-refractivity contribution >= 4 is 11.9 Å². The Hall–Kier alpha value is -2.91. The van der Waals surface area contributed by atoms with Gasteiger partial charge in [-0.05, 0) is 18.6 Å². The van der Waals surface area contributed by atoms with Crippen molar-refractivity contribution in [1.82, 2.24) is 10.2 Å². The van der Waals surface area contributed by atoms with Crippen molar-refractivity contribution in [2.24, 2.45) is 0 Å². The number of alkyl halides is 3. The molecule has 7 nitrogen and oxygen atoms in total. The average Bonchev–Trinajstić information content (AvgIpc) is 2.44. The van der Waals surface area contributed by atoms with Crippen LogP contribution in [0, 0.1) is 10.1 Å². The minimum atomic E-state index is -4.80. The molecular formula is C14H12F3N3O4. The molecule has 10 heteroatoms. The van der Waals surface area contributed by atoms with Gasteiger partial charge in [-0.1, -0.05) is 18.2 Å². The normalized spacial score (nSPS) is 18.5. The number of rotatable bonds is 2. The Morgan fingerprint density at radius 2 is 1.92 bits per heavy atom. The smallest absolute Gasteiger partial charge is 0.305 e. The van der Waals surface area contributed by atoms with Crippen LogP contribution in [0.2, 0.25) is 0 Å². The van der Waals surface area contributed by atoms with Gasteiger partial charge in [-0.3, -0.25) is 14.9 Å². The predicted molar refractivity (Wildman–Crippen MR) is 74.9 cm³/mol. The lowest BCUT2D eigenvalue weighted by Gasteiger charge is -2.33. The van der Waals surface area contributed by atoms with Crippen molar-refractivity contribution in [3.63, 3.8) is 0 Å². The van der Waals surface area contributed by atoms with Crippen LogP contribution < -0.4 is 5.32 Å². The van der Waals surface area contributed by atoms with Crippen molar-refractivity contribution in [3.8, 4) is 0 Å². The Morgan fingerprint density at radius 3 is 2.42 bits per heavy atom. The molecule has 0 unspecified atom stereocenters. The van der Waals surface area contributed by atoms with Gasteiger partial charge in [0.25, 0.3) is 5.70 Å². The molecule has 0 aliphatic carbocycles. The second-order valence-corrected chi connectivity index (χ2v) is 5.07. The summed E-state index contributed by atoms with van der Waals surface area (Å²) in [5.41, 5.74) is -2.60. The Kier molecular flexibility index (Phi) is 4.32. The topological polar surface area (TPSA) is 92.6 Å². The summed E-state index contributed by atoms with van der Waals surface area (Å²) in [6, 6.07) is 1.33. The van der Waals surface area contributed by atoms with E-state index < -0.39 is 45.9 Å². The number of hydrogen-bond acceptors (Lipinski definition) is 4. The molecule has 0 aromatic heterocycles. The van der Waals surface area contributed by atoms with E-state index in [2.05, 4.69) is 5.32 Å². The number of allylic oxidation sites excluding steroid dienone is 1. The number of hydrogen-bond donors (Lipinski definition) is 1. The summed E-state index contributed by atoms with van der Waals surface area (Å²) in [7, 11) is 0. The Labute approximate surface area is 133 Å². The van der Waals surface area contributed by atoms with E-state index in [-0.39, 0.29) is 5.70 Å². The molecule has 1 heterocycles. The van der Waals surface area contributed by atoms with Crippen LogP contribution in [0.1, 0.15) is 31.0 Å². The maximum absolute atomic E-state index is 13.3. The van der Waals surface area contributed by atoms with Gasteiger partial charge in [0.05, 0.1) is 16.2 Å². The fourth-order valence-corrected chi connectivity index (χ4v) is 2.57. The van der Waals surface area contributed by atoms with Crippen LogP contribution in [-0.4, -0.2) is 21.8 Å². The van der Waals surface area contributed by atoms with Gasteiger partial charge >= 0.3 is 12.2 Å². The summed E-state index contributed by atoms with van der Waals surface area (Å²) in [5, 5.41) is 13.5. The van der Waals surface area contributed by atoms with E-state index in [0.717, 1.165) is 25.1 Å². The molecule has 128 valence electrons. The fraction of sp³-hybridized carbons (Fsp3) is 0.286. The maximum Gasteiger partial charge on any atom is 0.416 e. The third kappa shape index (κ3) is 2.94. The number of nitro groups is 1. The predicted octanol–water partition coefficient (Wildman–Crippen LogP) is 2.83. The summed E-state index contributed by atoms with van der Waals surface area (Å²) in [4.78, 5) is 34.7. The van der Waals surface area contributed by atoms with Gasteiger partial charge in [0.2, 0.25) is 5.91 Å². The molecule has 0 saturated carbocycles. The highest BCUT2D eigenvalue weighted by Gasteiger charge is 2.47. The minimum Gasteiger partial charge on any atom is -0.305 e. The molecule has 1 aliphatic heterocycles. The van der Waals surface area contributed by atoms with Crippen molar-refractivity contribution < 1.29 is 27.7 Å². The van der Waals surface area contributed by atoms with Crippen LogP contribution in [0.4, 0.5) is 18.0 Å². The monoisotopic (exact) mass is 343 g/mol. The summed E-state index contributed by atoms with van der Waals surface area (Å²) >= 11 is 0. The number of halogens is 3. The number of carbonyl (C=O) groups is 2. The molecule has 24 heavy (non-hydrogen) atoms. The number of nitrogens with zero attached hydrogens (tertiary/aromatic N) is 2. The highest BCUT2D eigenvalue weighted by Crippen LogP contribution is 2.41. The van der Waals surface area contributed by atoms with E-state index in [0.29, 0.717) is 4.90 Å². The number of benzene rings is 1. The molecule has 0 fully saturated rings. The van der Waals surface area contributed by atoms with E-state index in [1.54, 1.807) is 0 Å². The number of amides is 3. The SMILES string of the molecule is CC(=O)N1C(=O)NC(C)=C([N+](=O)[O-])[C@@H]1c1ccccc1C(F)(F)F. The number of imide groups is 1. The highest BCUT2D eigenvalue weighted by molar-refractivity contribution is 5.95. The van der Waals surface area contributed by atoms with Crippen molar-refractivity contribution in [1.29, 1.82) is 0 Å². The van der Waals surface area contributed by atoms with Crippen molar-refractivity contribution in [2.75, 3.05) is 0 Å². The summed E-state index contributed by atoms with van der Waals surface area (Å²) in [5.74, 6) is -0.915. The van der Waals surface area contributed by atoms with Crippen LogP contribution in [0.15, 0.2) is 35.7 Å². The zero-order valence-electron chi connectivity index (χ0n) is 12.5. The van der Waals surface area contributed by atoms with E-state index >= 15 is 0 Å². The Bertz CT molecular complexity index is 758. The quantitative estimate of drug-likeness (QED) is 0.660. The number of nitrogens with one attached hydrogen (secondary N) is 1. The van der Waals surface area contributed by atoms with Crippen molar-refractivity contribution in [2.45, 2.75) is 26.1 Å². The van der Waals surface area contributed by atoms with Gasteiger partial charge in [0.15, 0.2) is 6.04 Å². The molecule has 1 N–H and O–H groups in total. The average molecular weight is 343 g/mol. The first-order chi connectivity index (χ1) is 11.1. The Morgan fingerprint density at radius 1 is 1.33 bits per heavy atom. The molecule has 1 aliphatic rings. The largest absolute Gasteiger partial charge is 0.416 e. The molecule has 3 amide bonds. The maximum atomic E-state index is 13.3. The second kappa shape index (κ2) is 5.95. The second-order valence-electron chi connectivity index (χ2n) is 5.07. The van der Waals surface area contributed by atoms with Crippen molar-refractivity contribution in [3.05, 3.63) is 56.9 Å². The molecule has 0 radical (unpaired) electrons. The molecule has 2 rings (SSSR count). The van der Waals surface area contributed by atoms with E-state index in [4.69, 9.17) is 0 Å². The molecule has 0 saturated heterocycles. The standard InChI is InChI=1S/C14H12F3N3O4/c1-7-11(20(23)24)12(19(8(2)21)13(22)18-7)9-5-3-4-6-10(9)14(15,16)17/h3-6,12H,1-2H3,(H,18,22)/t12-/m0/s1. The molecule has 1 atom stereocenters. The molecule has 1 aromatic rings. The van der Waals surface area contributed by atoms with E-state index in [1.165, 1.54) is 13.0 Å². The van der Waals surface area contributed by atoms with Gasteiger partial charge in [-0.25, -0.2) is 9.69 Å². The van der Waals surface area contributed by atoms with Crippen LogP contribution >= 0.6 is 0 Å². The lowest BCUT2D eigenvalue weighted by Crippen LogP contribution is -2.50. The van der Waals surface area contributed by atoms with Gasteiger partial charge in [0.1, 0.15) is 0 Å². The fourth-order valence-electron chi connectivity index (χ4n) is 2.57. The van der Waals surface area contributed by atoms with Gasteiger partial charge in [0, 0.05) is 6.92 Å². The third-order valence-electron chi connectivity index (χ3n) is 3.51. The minimum absolute atomic E-state index is 0.218. The zero-order valence-corrected chi connectivity index (χ0v) is 12.5. The van der Waals surface area contributed by atoms with Gasteiger partial charge < -0.3 is 5.32 Å². The summed E-state index contributed by atoms with van der Waals surface area (Å²) in [6.45, 7) is 2.14.